The van der Waals surface area contributed by atoms with Crippen molar-refractivity contribution in [1.82, 2.24) is 0 Å². The third-order valence-corrected chi connectivity index (χ3v) is 4.87. The van der Waals surface area contributed by atoms with Gasteiger partial charge in [0, 0.05) is 5.69 Å². The fraction of sp³-hybridized carbons (Fsp3) is 0.533. The number of nitrogens with one attached hydrogen (secondary N) is 1. The molecule has 0 radical (unpaired) electrons. The first-order valence-electron chi connectivity index (χ1n) is 7.94. The summed E-state index contributed by atoms with van der Waals surface area (Å²) in [5.74, 6) is -60.1. The molecule has 1 aromatic rings. The Morgan fingerprint density at radius 1 is 0.657 bits per heavy atom. The molecular formula is C15H5Cl2F16NO. The van der Waals surface area contributed by atoms with E-state index in [0.717, 1.165) is 5.32 Å². The number of anilines is 1. The molecule has 0 saturated heterocycles. The molecule has 0 fully saturated rings. The molecule has 202 valence electrons. The minimum Gasteiger partial charge on any atom is -0.321 e. The first-order chi connectivity index (χ1) is 15.2. The van der Waals surface area contributed by atoms with E-state index in [2.05, 4.69) is 0 Å². The smallest absolute Gasteiger partial charge is 0.321 e. The SMILES string of the molecule is O=C(Nc1ccc(Cl)c(Cl)c1)C(F)(F)C(F)(F)C(F)(F)C(F)(F)C(F)(F)C(F)(F)C(F)(F)C(F)F. The van der Waals surface area contributed by atoms with Gasteiger partial charge in [-0.15, -0.1) is 0 Å². The van der Waals surface area contributed by atoms with Crippen molar-refractivity contribution in [2.75, 3.05) is 5.32 Å². The van der Waals surface area contributed by atoms with E-state index in [1.54, 1.807) is 0 Å². The summed E-state index contributed by atoms with van der Waals surface area (Å²) >= 11 is 10.8. The number of hydrogen-bond acceptors (Lipinski definition) is 1. The lowest BCUT2D eigenvalue weighted by molar-refractivity contribution is -0.443. The molecular weight excluding hydrogens is 585 g/mol. The number of benzene rings is 1. The van der Waals surface area contributed by atoms with Gasteiger partial charge < -0.3 is 5.32 Å². The molecule has 0 aliphatic heterocycles. The van der Waals surface area contributed by atoms with E-state index in [-0.39, 0.29) is 5.02 Å². The molecule has 0 saturated carbocycles. The molecule has 35 heavy (non-hydrogen) atoms. The number of carbonyl (C=O) groups is 1. The van der Waals surface area contributed by atoms with Crippen LogP contribution in [-0.2, 0) is 4.79 Å². The fourth-order valence-electron chi connectivity index (χ4n) is 2.06. The second-order valence-electron chi connectivity index (χ2n) is 6.45. The van der Waals surface area contributed by atoms with Crippen LogP contribution in [0.5, 0.6) is 0 Å². The van der Waals surface area contributed by atoms with E-state index in [0.29, 0.717) is 18.2 Å². The molecule has 0 heterocycles. The van der Waals surface area contributed by atoms with Crippen LogP contribution in [0.3, 0.4) is 0 Å². The average Bonchev–Trinajstić information content (AvgIpc) is 2.69. The summed E-state index contributed by atoms with van der Waals surface area (Å²) in [7, 11) is 0. The molecule has 0 aliphatic carbocycles. The highest BCUT2D eigenvalue weighted by molar-refractivity contribution is 6.42. The van der Waals surface area contributed by atoms with Crippen LogP contribution >= 0.6 is 23.2 Å². The second kappa shape index (κ2) is 8.92. The van der Waals surface area contributed by atoms with Gasteiger partial charge in [-0.1, -0.05) is 23.2 Å². The first-order valence-corrected chi connectivity index (χ1v) is 8.70. The fourth-order valence-corrected chi connectivity index (χ4v) is 2.36. The highest BCUT2D eigenvalue weighted by Crippen LogP contribution is 2.62. The maximum atomic E-state index is 13.8. The number of carbonyl (C=O) groups excluding carboxylic acids is 1. The van der Waals surface area contributed by atoms with Gasteiger partial charge >= 0.3 is 53.8 Å². The molecule has 0 aliphatic rings. The summed E-state index contributed by atoms with van der Waals surface area (Å²) in [6.45, 7) is 0. The molecule has 0 unspecified atom stereocenters. The van der Waals surface area contributed by atoms with Crippen LogP contribution in [0.15, 0.2) is 18.2 Å². The van der Waals surface area contributed by atoms with Gasteiger partial charge in [0.1, 0.15) is 0 Å². The zero-order valence-electron chi connectivity index (χ0n) is 15.5. The van der Waals surface area contributed by atoms with Gasteiger partial charge in [-0.05, 0) is 18.2 Å². The standard InChI is InChI=1S/C15H5Cl2F16NO/c16-5-2-1-4(3-6(5)17)34-8(35)10(22,23)12(26,27)14(30,31)15(32,33)13(28,29)11(24,25)9(20,21)7(18)19/h1-3,7H,(H,34,35). The minimum absolute atomic E-state index is 0.350. The van der Waals surface area contributed by atoms with Crippen molar-refractivity contribution >= 4 is 34.8 Å². The van der Waals surface area contributed by atoms with Crippen LogP contribution in [0.25, 0.3) is 0 Å². The molecule has 2 nitrogen and oxygen atoms in total. The van der Waals surface area contributed by atoms with Crippen molar-refractivity contribution in [3.8, 4) is 0 Å². The predicted octanol–water partition coefficient (Wildman–Crippen LogP) is 7.64. The largest absolute Gasteiger partial charge is 0.393 e. The van der Waals surface area contributed by atoms with Gasteiger partial charge in [-0.2, -0.15) is 61.5 Å². The first kappa shape index (κ1) is 31.2. The van der Waals surface area contributed by atoms with Crippen LogP contribution in [0.2, 0.25) is 10.0 Å². The molecule has 0 aromatic heterocycles. The topological polar surface area (TPSA) is 29.1 Å². The Labute approximate surface area is 192 Å². The Morgan fingerprint density at radius 2 is 1.06 bits per heavy atom. The Morgan fingerprint density at radius 3 is 1.46 bits per heavy atom. The van der Waals surface area contributed by atoms with Crippen molar-refractivity contribution < 1.29 is 75.0 Å². The zero-order chi connectivity index (χ0) is 28.2. The lowest BCUT2D eigenvalue weighted by atomic mass is 9.89. The summed E-state index contributed by atoms with van der Waals surface area (Å²) in [6, 6.07) is 1.63. The Balaban J connectivity index is 3.54. The van der Waals surface area contributed by atoms with Gasteiger partial charge in [0.15, 0.2) is 0 Å². The molecule has 0 atom stereocenters. The summed E-state index contributed by atoms with van der Waals surface area (Å²) in [4.78, 5) is 11.4. The van der Waals surface area contributed by atoms with E-state index >= 15 is 0 Å². The number of rotatable bonds is 9. The maximum absolute atomic E-state index is 13.8. The van der Waals surface area contributed by atoms with Crippen molar-refractivity contribution in [2.24, 2.45) is 0 Å². The van der Waals surface area contributed by atoms with Crippen molar-refractivity contribution in [2.45, 2.75) is 47.9 Å². The lowest BCUT2D eigenvalue weighted by Crippen LogP contribution is -2.74. The number of amides is 1. The molecule has 0 bridgehead atoms. The highest BCUT2D eigenvalue weighted by Gasteiger charge is 2.94. The molecule has 1 rings (SSSR count). The van der Waals surface area contributed by atoms with Gasteiger partial charge in [-0.3, -0.25) is 4.79 Å². The average molecular weight is 590 g/mol. The number of hydrogen-bond donors (Lipinski definition) is 1. The van der Waals surface area contributed by atoms with Crippen LogP contribution in [0.1, 0.15) is 0 Å². The quantitative estimate of drug-likeness (QED) is 0.295. The molecule has 0 spiro atoms. The normalized spacial score (nSPS) is 14.9. The Hall–Kier alpha value is -1.85. The third-order valence-electron chi connectivity index (χ3n) is 4.13. The summed E-state index contributed by atoms with van der Waals surface area (Å²) in [5, 5.41) is -0.192. The van der Waals surface area contributed by atoms with Crippen molar-refractivity contribution in [3.05, 3.63) is 28.2 Å². The molecule has 1 amide bonds. The number of alkyl halides is 16. The van der Waals surface area contributed by atoms with Gasteiger partial charge in [0.2, 0.25) is 0 Å². The van der Waals surface area contributed by atoms with Crippen molar-refractivity contribution in [1.29, 1.82) is 0 Å². The Bertz CT molecular complexity index is 964. The second-order valence-corrected chi connectivity index (χ2v) is 7.27. The third kappa shape index (κ3) is 4.44. The predicted molar refractivity (Wildman–Crippen MR) is 85.7 cm³/mol. The summed E-state index contributed by atoms with van der Waals surface area (Å²) in [5.41, 5.74) is -1.04. The van der Waals surface area contributed by atoms with Gasteiger partial charge in [-0.25, -0.2) is 8.78 Å². The zero-order valence-corrected chi connectivity index (χ0v) is 17.0. The minimum atomic E-state index is -8.58. The highest BCUT2D eigenvalue weighted by atomic mass is 35.5. The van der Waals surface area contributed by atoms with E-state index in [9.17, 15) is 75.0 Å². The van der Waals surface area contributed by atoms with E-state index in [4.69, 9.17) is 23.2 Å². The van der Waals surface area contributed by atoms with Gasteiger partial charge in [0.05, 0.1) is 10.0 Å². The van der Waals surface area contributed by atoms with Crippen LogP contribution in [-0.4, -0.2) is 53.8 Å². The van der Waals surface area contributed by atoms with Crippen LogP contribution in [0, 0.1) is 0 Å². The summed E-state index contributed by atoms with van der Waals surface area (Å²) < 4.78 is 212. The van der Waals surface area contributed by atoms with Crippen LogP contribution < -0.4 is 5.32 Å². The van der Waals surface area contributed by atoms with Crippen LogP contribution in [0.4, 0.5) is 75.9 Å². The van der Waals surface area contributed by atoms with E-state index in [1.807, 2.05) is 0 Å². The van der Waals surface area contributed by atoms with E-state index < -0.39 is 64.5 Å². The molecule has 1 aromatic carbocycles. The molecule has 20 heteroatoms. The monoisotopic (exact) mass is 589 g/mol. The molecule has 1 N–H and O–H groups in total. The Kier molecular flexibility index (Phi) is 7.94. The van der Waals surface area contributed by atoms with E-state index in [1.165, 1.54) is 0 Å². The number of halogens is 18. The summed E-state index contributed by atoms with van der Waals surface area (Å²) in [6.07, 6.45) is -5.94. The van der Waals surface area contributed by atoms with Crippen molar-refractivity contribution in [3.63, 3.8) is 0 Å². The lowest BCUT2D eigenvalue weighted by Gasteiger charge is -2.42. The van der Waals surface area contributed by atoms with Gasteiger partial charge in [0.25, 0.3) is 0 Å². The maximum Gasteiger partial charge on any atom is 0.393 e.